The van der Waals surface area contributed by atoms with Crippen LogP contribution in [0.5, 0.6) is 5.75 Å². The largest absolute Gasteiger partial charge is 0.497 e. The fourth-order valence-corrected chi connectivity index (χ4v) is 1.46. The minimum Gasteiger partial charge on any atom is -0.497 e. The summed E-state index contributed by atoms with van der Waals surface area (Å²) in [4.78, 5) is 0. The summed E-state index contributed by atoms with van der Waals surface area (Å²) in [6, 6.07) is 3.63. The summed E-state index contributed by atoms with van der Waals surface area (Å²) in [6.45, 7) is 6.30. The molecule has 1 aromatic carbocycles. The fourth-order valence-electron chi connectivity index (χ4n) is 1.46. The topological polar surface area (TPSA) is 9.23 Å². The third-order valence-electron chi connectivity index (χ3n) is 2.15. The lowest BCUT2D eigenvalue weighted by atomic mass is 9.77. The molecule has 0 bridgehead atoms. The van der Waals surface area contributed by atoms with Crippen molar-refractivity contribution in [1.82, 2.24) is 0 Å². The van der Waals surface area contributed by atoms with Gasteiger partial charge in [-0.2, -0.15) is 0 Å². The number of hydrogen-bond donors (Lipinski definition) is 0. The van der Waals surface area contributed by atoms with Gasteiger partial charge in [0.05, 0.1) is 7.11 Å². The first-order chi connectivity index (χ1) is 6.36. The predicted molar refractivity (Wildman–Crippen MR) is 62.5 cm³/mol. The van der Waals surface area contributed by atoms with Crippen LogP contribution in [0.4, 0.5) is 0 Å². The van der Waals surface area contributed by atoms with Gasteiger partial charge in [-0.25, -0.2) is 0 Å². The van der Waals surface area contributed by atoms with Crippen LogP contribution in [0, 0.1) is 0 Å². The van der Waals surface area contributed by atoms with Gasteiger partial charge in [-0.15, -0.1) is 0 Å². The second-order valence-corrected chi connectivity index (χ2v) is 4.44. The summed E-state index contributed by atoms with van der Waals surface area (Å²) in [6.07, 6.45) is 0. The van der Waals surface area contributed by atoms with E-state index in [4.69, 9.17) is 20.4 Å². The lowest BCUT2D eigenvalue weighted by Gasteiger charge is -2.24. The Bertz CT molecular complexity index is 340. The Morgan fingerprint density at radius 2 is 1.71 bits per heavy atom. The van der Waals surface area contributed by atoms with Gasteiger partial charge in [-0.05, 0) is 11.0 Å². The van der Waals surface area contributed by atoms with Crippen LogP contribution in [0.3, 0.4) is 0 Å². The van der Waals surface area contributed by atoms with Gasteiger partial charge < -0.3 is 4.74 Å². The maximum absolute atomic E-state index is 5.82. The number of hydrogen-bond acceptors (Lipinski definition) is 1. The summed E-state index contributed by atoms with van der Waals surface area (Å²) in [5.74, 6) is 0.728. The number of benzene rings is 1. The highest BCUT2D eigenvalue weighted by Crippen LogP contribution is 2.28. The Labute approximate surface area is 88.7 Å². The normalized spacial score (nSPS) is 11.4. The van der Waals surface area contributed by atoms with Crippen molar-refractivity contribution in [2.75, 3.05) is 7.11 Å². The predicted octanol–water partition coefficient (Wildman–Crippen LogP) is 0.580. The Morgan fingerprint density at radius 3 is 2.14 bits per heavy atom. The standard InChI is InChI=1S/C11H14B2O/c1-11(2,3)8-5-7(12)6-9(13)10(8)14-4/h5-6H,1-4H3. The van der Waals surface area contributed by atoms with E-state index < -0.39 is 0 Å². The highest BCUT2D eigenvalue weighted by molar-refractivity contribution is 6.39. The summed E-state index contributed by atoms with van der Waals surface area (Å²) in [5, 5.41) is 0. The Morgan fingerprint density at radius 1 is 1.14 bits per heavy atom. The van der Waals surface area contributed by atoms with Crippen LogP contribution >= 0.6 is 0 Å². The Kier molecular flexibility index (Phi) is 2.98. The quantitative estimate of drug-likeness (QED) is 0.580. The Balaban J connectivity index is 3.40. The van der Waals surface area contributed by atoms with E-state index in [0.717, 1.165) is 11.3 Å². The molecule has 0 N–H and O–H groups in total. The molecule has 1 aromatic rings. The molecule has 4 radical (unpaired) electrons. The van der Waals surface area contributed by atoms with Crippen LogP contribution in [-0.4, -0.2) is 22.8 Å². The molecule has 0 atom stereocenters. The van der Waals surface area contributed by atoms with Gasteiger partial charge in [-0.1, -0.05) is 43.8 Å². The first-order valence-electron chi connectivity index (χ1n) is 4.59. The average molecular weight is 184 g/mol. The number of ether oxygens (including phenoxy) is 1. The number of methoxy groups -OCH3 is 1. The molecule has 1 nitrogen and oxygen atoms in total. The van der Waals surface area contributed by atoms with Crippen molar-refractivity contribution in [2.24, 2.45) is 0 Å². The molecular weight excluding hydrogens is 170 g/mol. The molecule has 0 saturated carbocycles. The maximum Gasteiger partial charge on any atom is 0.118 e. The van der Waals surface area contributed by atoms with E-state index in [2.05, 4.69) is 20.8 Å². The van der Waals surface area contributed by atoms with Crippen molar-refractivity contribution < 1.29 is 4.74 Å². The summed E-state index contributed by atoms with van der Waals surface area (Å²) < 4.78 is 5.28. The van der Waals surface area contributed by atoms with E-state index in [1.165, 1.54) is 0 Å². The SMILES string of the molecule is [B]c1cc([B])c(OC)c(C(C)(C)C)c1. The smallest absolute Gasteiger partial charge is 0.118 e. The van der Waals surface area contributed by atoms with Crippen LogP contribution < -0.4 is 15.7 Å². The number of rotatable bonds is 1. The van der Waals surface area contributed by atoms with Crippen molar-refractivity contribution in [1.29, 1.82) is 0 Å². The monoisotopic (exact) mass is 184 g/mol. The highest BCUT2D eigenvalue weighted by atomic mass is 16.5. The molecule has 0 heterocycles. The van der Waals surface area contributed by atoms with Gasteiger partial charge in [0.25, 0.3) is 0 Å². The Hall–Kier alpha value is -0.850. The lowest BCUT2D eigenvalue weighted by molar-refractivity contribution is 0.401. The molecule has 0 aromatic heterocycles. The molecule has 0 aliphatic rings. The first kappa shape index (κ1) is 11.2. The highest BCUT2D eigenvalue weighted by Gasteiger charge is 2.19. The second-order valence-electron chi connectivity index (χ2n) is 4.44. The zero-order valence-electron chi connectivity index (χ0n) is 9.22. The molecule has 1 rings (SSSR count). The van der Waals surface area contributed by atoms with Gasteiger partial charge in [0, 0.05) is 0 Å². The summed E-state index contributed by atoms with van der Waals surface area (Å²) in [7, 11) is 13.2. The van der Waals surface area contributed by atoms with Crippen molar-refractivity contribution in [3.05, 3.63) is 17.7 Å². The van der Waals surface area contributed by atoms with E-state index in [1.54, 1.807) is 13.2 Å². The third-order valence-corrected chi connectivity index (χ3v) is 2.15. The van der Waals surface area contributed by atoms with Gasteiger partial charge >= 0.3 is 0 Å². The summed E-state index contributed by atoms with van der Waals surface area (Å²) >= 11 is 0. The molecule has 14 heavy (non-hydrogen) atoms. The zero-order chi connectivity index (χ0) is 10.9. The van der Waals surface area contributed by atoms with Gasteiger partial charge in [0.2, 0.25) is 0 Å². The summed E-state index contributed by atoms with van der Waals surface area (Å²) in [5.41, 5.74) is 2.29. The average Bonchev–Trinajstić information content (AvgIpc) is 2.01. The van der Waals surface area contributed by atoms with Crippen molar-refractivity contribution in [2.45, 2.75) is 26.2 Å². The molecule has 0 fully saturated rings. The van der Waals surface area contributed by atoms with E-state index in [0.29, 0.717) is 10.9 Å². The zero-order valence-corrected chi connectivity index (χ0v) is 9.22. The minimum absolute atomic E-state index is 0.0190. The first-order valence-corrected chi connectivity index (χ1v) is 4.59. The van der Waals surface area contributed by atoms with Crippen molar-refractivity contribution in [3.63, 3.8) is 0 Å². The van der Waals surface area contributed by atoms with Gasteiger partial charge in [0.1, 0.15) is 21.4 Å². The lowest BCUT2D eigenvalue weighted by Crippen LogP contribution is -2.24. The molecule has 0 amide bonds. The molecular formula is C11H14B2O. The molecule has 0 unspecified atom stereocenters. The van der Waals surface area contributed by atoms with Crippen LogP contribution in [0.15, 0.2) is 12.1 Å². The van der Waals surface area contributed by atoms with Gasteiger partial charge in [-0.3, -0.25) is 0 Å². The molecule has 0 aliphatic heterocycles. The van der Waals surface area contributed by atoms with Crippen LogP contribution in [0.2, 0.25) is 0 Å². The van der Waals surface area contributed by atoms with Crippen LogP contribution in [0.1, 0.15) is 26.3 Å². The minimum atomic E-state index is -0.0190. The van der Waals surface area contributed by atoms with Gasteiger partial charge in [0.15, 0.2) is 0 Å². The van der Waals surface area contributed by atoms with E-state index in [9.17, 15) is 0 Å². The second kappa shape index (κ2) is 3.72. The van der Waals surface area contributed by atoms with E-state index in [1.807, 2.05) is 6.07 Å². The van der Waals surface area contributed by atoms with Crippen molar-refractivity contribution in [3.8, 4) is 5.75 Å². The van der Waals surface area contributed by atoms with Crippen LogP contribution in [-0.2, 0) is 5.41 Å². The van der Waals surface area contributed by atoms with E-state index in [-0.39, 0.29) is 5.41 Å². The van der Waals surface area contributed by atoms with Crippen LogP contribution in [0.25, 0.3) is 0 Å². The molecule has 0 saturated heterocycles. The van der Waals surface area contributed by atoms with E-state index >= 15 is 0 Å². The fraction of sp³-hybridized carbons (Fsp3) is 0.455. The molecule has 3 heteroatoms. The molecule has 0 aliphatic carbocycles. The third kappa shape index (κ3) is 2.14. The maximum atomic E-state index is 5.82. The van der Waals surface area contributed by atoms with Crippen molar-refractivity contribution >= 4 is 26.6 Å². The molecule has 0 spiro atoms. The molecule has 70 valence electrons.